The normalized spacial score (nSPS) is 42.8. The highest BCUT2D eigenvalue weighted by Crippen LogP contribution is 2.67. The summed E-state index contributed by atoms with van der Waals surface area (Å²) in [7, 11) is 0. The largest absolute Gasteiger partial charge is 0.481 e. The van der Waals surface area contributed by atoms with Crippen molar-refractivity contribution in [2.24, 2.45) is 22.7 Å². The first-order valence-corrected chi connectivity index (χ1v) is 6.83. The van der Waals surface area contributed by atoms with Crippen molar-refractivity contribution < 1.29 is 9.90 Å². The first kappa shape index (κ1) is 11.3. The molecule has 1 N–H and O–H groups in total. The van der Waals surface area contributed by atoms with Crippen molar-refractivity contribution in [1.82, 2.24) is 0 Å². The highest BCUT2D eigenvalue weighted by molar-refractivity contribution is 5.73. The standard InChI is InChI=1S/C15H22O2/c1-9-11-4-5-12(13(16)17)15(11)7-6-10(8-15)14(9,2)3/h10,12H,4-8H2,1-3H3,(H,16,17). The Kier molecular flexibility index (Phi) is 2.10. The molecule has 94 valence electrons. The lowest BCUT2D eigenvalue weighted by Gasteiger charge is -2.44. The number of aliphatic carboxylic acids is 1. The summed E-state index contributed by atoms with van der Waals surface area (Å²) in [4.78, 5) is 11.5. The second-order valence-electron chi connectivity index (χ2n) is 6.85. The molecule has 2 bridgehead atoms. The van der Waals surface area contributed by atoms with Gasteiger partial charge in [-0.3, -0.25) is 4.79 Å². The quantitative estimate of drug-likeness (QED) is 0.703. The zero-order valence-corrected chi connectivity index (χ0v) is 11.0. The second kappa shape index (κ2) is 3.15. The summed E-state index contributed by atoms with van der Waals surface area (Å²) >= 11 is 0. The molecule has 0 aromatic carbocycles. The number of allylic oxidation sites excluding steroid dienone is 2. The second-order valence-corrected chi connectivity index (χ2v) is 6.85. The summed E-state index contributed by atoms with van der Waals surface area (Å²) in [5.41, 5.74) is 3.37. The number of hydrogen-bond acceptors (Lipinski definition) is 1. The van der Waals surface area contributed by atoms with E-state index < -0.39 is 5.97 Å². The SMILES string of the molecule is CC1=C2CCC(C(=O)O)C23CCC(C3)C1(C)C. The van der Waals surface area contributed by atoms with Crippen LogP contribution in [0.1, 0.15) is 52.9 Å². The molecule has 0 radical (unpaired) electrons. The predicted octanol–water partition coefficient (Wildman–Crippen LogP) is 3.62. The van der Waals surface area contributed by atoms with Crippen LogP contribution in [0.2, 0.25) is 0 Å². The third kappa shape index (κ3) is 1.19. The lowest BCUT2D eigenvalue weighted by atomic mass is 9.60. The van der Waals surface area contributed by atoms with Gasteiger partial charge in [-0.1, -0.05) is 25.0 Å². The molecule has 0 amide bonds. The van der Waals surface area contributed by atoms with Crippen LogP contribution >= 0.6 is 0 Å². The van der Waals surface area contributed by atoms with Crippen LogP contribution in [0.15, 0.2) is 11.1 Å². The van der Waals surface area contributed by atoms with Gasteiger partial charge in [-0.15, -0.1) is 0 Å². The van der Waals surface area contributed by atoms with E-state index in [4.69, 9.17) is 0 Å². The van der Waals surface area contributed by atoms with E-state index in [0.29, 0.717) is 11.3 Å². The third-order valence-corrected chi connectivity index (χ3v) is 6.24. The van der Waals surface area contributed by atoms with Gasteiger partial charge in [0.25, 0.3) is 0 Å². The Morgan fingerprint density at radius 1 is 1.35 bits per heavy atom. The molecule has 3 rings (SSSR count). The summed E-state index contributed by atoms with van der Waals surface area (Å²) < 4.78 is 0. The minimum atomic E-state index is -0.562. The topological polar surface area (TPSA) is 37.3 Å². The Hall–Kier alpha value is -0.790. The van der Waals surface area contributed by atoms with Crippen LogP contribution in [0, 0.1) is 22.7 Å². The van der Waals surface area contributed by atoms with Gasteiger partial charge in [0.2, 0.25) is 0 Å². The Labute approximate surface area is 103 Å². The summed E-state index contributed by atoms with van der Waals surface area (Å²) in [5, 5.41) is 9.46. The van der Waals surface area contributed by atoms with Gasteiger partial charge < -0.3 is 5.11 Å². The highest BCUT2D eigenvalue weighted by Gasteiger charge is 2.60. The van der Waals surface area contributed by atoms with Crippen molar-refractivity contribution in [3.63, 3.8) is 0 Å². The minimum Gasteiger partial charge on any atom is -0.481 e. The zero-order valence-electron chi connectivity index (χ0n) is 11.0. The number of carbonyl (C=O) groups is 1. The molecule has 0 aromatic heterocycles. The number of carboxylic acids is 1. The van der Waals surface area contributed by atoms with Crippen molar-refractivity contribution >= 4 is 5.97 Å². The average molecular weight is 234 g/mol. The first-order valence-electron chi connectivity index (χ1n) is 6.83. The van der Waals surface area contributed by atoms with Gasteiger partial charge in [-0.25, -0.2) is 0 Å². The molecule has 3 unspecified atom stereocenters. The molecular formula is C15H22O2. The fourth-order valence-corrected chi connectivity index (χ4v) is 4.92. The van der Waals surface area contributed by atoms with Crippen LogP contribution < -0.4 is 0 Å². The Balaban J connectivity index is 2.15. The van der Waals surface area contributed by atoms with E-state index in [1.807, 2.05) is 0 Å². The summed E-state index contributed by atoms with van der Waals surface area (Å²) in [5.74, 6) is 0.0351. The highest BCUT2D eigenvalue weighted by atomic mass is 16.4. The van der Waals surface area contributed by atoms with Crippen molar-refractivity contribution in [3.05, 3.63) is 11.1 Å². The van der Waals surface area contributed by atoms with Crippen molar-refractivity contribution in [1.29, 1.82) is 0 Å². The molecule has 1 spiro atoms. The smallest absolute Gasteiger partial charge is 0.307 e. The van der Waals surface area contributed by atoms with E-state index in [-0.39, 0.29) is 11.3 Å². The van der Waals surface area contributed by atoms with E-state index in [1.165, 1.54) is 17.6 Å². The van der Waals surface area contributed by atoms with Gasteiger partial charge in [-0.05, 0) is 50.4 Å². The van der Waals surface area contributed by atoms with E-state index >= 15 is 0 Å². The minimum absolute atomic E-state index is 0.0517. The molecule has 0 heterocycles. The average Bonchev–Trinajstić information content (AvgIpc) is 2.81. The zero-order chi connectivity index (χ0) is 12.4. The fourth-order valence-electron chi connectivity index (χ4n) is 4.92. The lowest BCUT2D eigenvalue weighted by molar-refractivity contribution is -0.145. The molecule has 3 aliphatic rings. The maximum atomic E-state index is 11.5. The molecule has 3 atom stereocenters. The van der Waals surface area contributed by atoms with Gasteiger partial charge in [-0.2, -0.15) is 0 Å². The van der Waals surface area contributed by atoms with Gasteiger partial charge in [0.1, 0.15) is 0 Å². The predicted molar refractivity (Wildman–Crippen MR) is 66.6 cm³/mol. The molecule has 2 saturated carbocycles. The van der Waals surface area contributed by atoms with E-state index in [9.17, 15) is 9.90 Å². The molecule has 3 aliphatic carbocycles. The summed E-state index contributed by atoms with van der Waals surface area (Å²) in [6.45, 7) is 6.96. The fraction of sp³-hybridized carbons (Fsp3) is 0.800. The van der Waals surface area contributed by atoms with E-state index in [2.05, 4.69) is 20.8 Å². The summed E-state index contributed by atoms with van der Waals surface area (Å²) in [6.07, 6.45) is 5.36. The number of hydrogen-bond donors (Lipinski definition) is 1. The van der Waals surface area contributed by atoms with Crippen molar-refractivity contribution in [2.45, 2.75) is 52.9 Å². The van der Waals surface area contributed by atoms with Gasteiger partial charge in [0.05, 0.1) is 5.92 Å². The molecule has 0 aromatic rings. The molecule has 17 heavy (non-hydrogen) atoms. The first-order chi connectivity index (χ1) is 7.89. The third-order valence-electron chi connectivity index (χ3n) is 6.24. The van der Waals surface area contributed by atoms with Crippen LogP contribution in [0.25, 0.3) is 0 Å². The summed E-state index contributed by atoms with van der Waals surface area (Å²) in [6, 6.07) is 0. The number of carboxylic acid groups (broad SMARTS) is 1. The van der Waals surface area contributed by atoms with Crippen molar-refractivity contribution in [2.75, 3.05) is 0 Å². The molecule has 2 fully saturated rings. The molecule has 0 saturated heterocycles. The van der Waals surface area contributed by atoms with Crippen LogP contribution in [0.3, 0.4) is 0 Å². The van der Waals surface area contributed by atoms with Crippen LogP contribution in [-0.2, 0) is 4.79 Å². The van der Waals surface area contributed by atoms with Gasteiger partial charge >= 0.3 is 5.97 Å². The Morgan fingerprint density at radius 3 is 2.71 bits per heavy atom. The van der Waals surface area contributed by atoms with E-state index in [0.717, 1.165) is 25.7 Å². The van der Waals surface area contributed by atoms with Crippen LogP contribution in [0.5, 0.6) is 0 Å². The maximum Gasteiger partial charge on any atom is 0.307 e. The Morgan fingerprint density at radius 2 is 2.06 bits per heavy atom. The maximum absolute atomic E-state index is 11.5. The number of fused-ring (bicyclic) bond motifs is 1. The van der Waals surface area contributed by atoms with Crippen LogP contribution in [-0.4, -0.2) is 11.1 Å². The Bertz CT molecular complexity index is 419. The van der Waals surface area contributed by atoms with Crippen molar-refractivity contribution in [3.8, 4) is 0 Å². The van der Waals surface area contributed by atoms with Gasteiger partial charge in [0, 0.05) is 5.41 Å². The van der Waals surface area contributed by atoms with Crippen LogP contribution in [0.4, 0.5) is 0 Å². The molecular weight excluding hydrogens is 212 g/mol. The van der Waals surface area contributed by atoms with Gasteiger partial charge in [0.15, 0.2) is 0 Å². The number of rotatable bonds is 1. The molecule has 0 aliphatic heterocycles. The lowest BCUT2D eigenvalue weighted by Crippen LogP contribution is -2.37. The molecule has 2 nitrogen and oxygen atoms in total. The monoisotopic (exact) mass is 234 g/mol. The van der Waals surface area contributed by atoms with E-state index in [1.54, 1.807) is 0 Å². The molecule has 2 heteroatoms.